The van der Waals surface area contributed by atoms with Crippen molar-refractivity contribution in [2.75, 3.05) is 26.2 Å². The normalized spacial score (nSPS) is 18.3. The molecule has 1 aliphatic rings. The van der Waals surface area contributed by atoms with E-state index in [4.69, 9.17) is 11.6 Å². The van der Waals surface area contributed by atoms with Gasteiger partial charge in [-0.2, -0.15) is 0 Å². The van der Waals surface area contributed by atoms with Crippen molar-refractivity contribution in [2.45, 2.75) is 45.6 Å². The summed E-state index contributed by atoms with van der Waals surface area (Å²) < 4.78 is 0. The third-order valence-corrected chi connectivity index (χ3v) is 5.01. The number of benzene rings is 1. The van der Waals surface area contributed by atoms with Gasteiger partial charge in [-0.1, -0.05) is 11.6 Å². The molecule has 2 N–H and O–H groups in total. The quantitative estimate of drug-likeness (QED) is 0.752. The van der Waals surface area contributed by atoms with E-state index < -0.39 is 0 Å². The Morgan fingerprint density at radius 2 is 2.09 bits per heavy atom. The summed E-state index contributed by atoms with van der Waals surface area (Å²) in [6, 6.07) is 4.02. The summed E-state index contributed by atoms with van der Waals surface area (Å²) in [6.45, 7) is 6.94. The molecule has 1 amide bonds. The highest BCUT2D eigenvalue weighted by Crippen LogP contribution is 2.21. The molecule has 1 saturated heterocycles. The summed E-state index contributed by atoms with van der Waals surface area (Å²) in [4.78, 5) is 14.6. The molecule has 1 fully saturated rings. The fraction of sp³-hybridized carbons (Fsp3) is 0.611. The van der Waals surface area contributed by atoms with E-state index in [9.17, 15) is 9.90 Å². The van der Waals surface area contributed by atoms with Crippen molar-refractivity contribution in [3.8, 4) is 0 Å². The number of unbranched alkanes of at least 4 members (excludes halogenated alkanes) is 1. The van der Waals surface area contributed by atoms with Gasteiger partial charge in [0.1, 0.15) is 0 Å². The van der Waals surface area contributed by atoms with Gasteiger partial charge in [-0.25, -0.2) is 0 Å². The van der Waals surface area contributed by atoms with Crippen LogP contribution in [0.25, 0.3) is 0 Å². The van der Waals surface area contributed by atoms with Crippen LogP contribution in [0.15, 0.2) is 12.1 Å². The smallest absolute Gasteiger partial charge is 0.252 e. The van der Waals surface area contributed by atoms with Crippen LogP contribution in [0.1, 0.15) is 47.2 Å². The number of rotatable bonds is 7. The zero-order valence-corrected chi connectivity index (χ0v) is 14.8. The van der Waals surface area contributed by atoms with E-state index in [0.717, 1.165) is 43.5 Å². The van der Waals surface area contributed by atoms with E-state index in [1.165, 1.54) is 6.42 Å². The lowest BCUT2D eigenvalue weighted by Gasteiger charge is -2.22. The molecule has 2 rings (SSSR count). The number of aliphatic hydroxyl groups excluding tert-OH is 1. The van der Waals surface area contributed by atoms with Crippen molar-refractivity contribution >= 4 is 17.5 Å². The van der Waals surface area contributed by atoms with Crippen LogP contribution in [0.3, 0.4) is 0 Å². The topological polar surface area (TPSA) is 52.6 Å². The molecule has 1 atom stereocenters. The number of hydrogen-bond acceptors (Lipinski definition) is 3. The van der Waals surface area contributed by atoms with Gasteiger partial charge in [0, 0.05) is 12.6 Å². The molecule has 128 valence electrons. The number of carbonyl (C=O) groups excluding carboxylic acids is 1. The average Bonchev–Trinajstić information content (AvgIpc) is 2.97. The number of hydrogen-bond donors (Lipinski definition) is 2. The monoisotopic (exact) mass is 338 g/mol. The number of carbonyl (C=O) groups is 1. The molecule has 0 spiro atoms. The van der Waals surface area contributed by atoms with Crippen molar-refractivity contribution in [3.63, 3.8) is 0 Å². The standard InChI is InChI=1S/C18H27ClN2O2/c1-13-10-16(17(19)11-14(13)2)18(23)20-7-3-4-8-21-9-5-6-15(21)12-22/h10-11,15,22H,3-9,12H2,1-2H3,(H,20,23). The highest BCUT2D eigenvalue weighted by Gasteiger charge is 2.22. The zero-order chi connectivity index (χ0) is 16.8. The Labute approximate surface area is 143 Å². The van der Waals surface area contributed by atoms with E-state index in [-0.39, 0.29) is 12.5 Å². The highest BCUT2D eigenvalue weighted by atomic mass is 35.5. The Hall–Kier alpha value is -1.10. The maximum atomic E-state index is 12.2. The van der Waals surface area contributed by atoms with Gasteiger partial charge < -0.3 is 10.4 Å². The van der Waals surface area contributed by atoms with Crippen LogP contribution in [0.5, 0.6) is 0 Å². The molecular weight excluding hydrogens is 312 g/mol. The molecule has 0 bridgehead atoms. The van der Waals surface area contributed by atoms with E-state index in [0.29, 0.717) is 23.2 Å². The van der Waals surface area contributed by atoms with Crippen LogP contribution >= 0.6 is 11.6 Å². The molecule has 1 heterocycles. The first-order valence-electron chi connectivity index (χ1n) is 8.42. The van der Waals surface area contributed by atoms with Gasteiger partial charge >= 0.3 is 0 Å². The van der Waals surface area contributed by atoms with Crippen molar-refractivity contribution in [1.82, 2.24) is 10.2 Å². The predicted octanol–water partition coefficient (Wildman–Crippen LogP) is 2.92. The predicted molar refractivity (Wildman–Crippen MR) is 94.2 cm³/mol. The second kappa shape index (κ2) is 8.67. The summed E-state index contributed by atoms with van der Waals surface area (Å²) in [6.07, 6.45) is 4.23. The molecule has 1 aromatic carbocycles. The van der Waals surface area contributed by atoms with Crippen molar-refractivity contribution in [3.05, 3.63) is 33.8 Å². The summed E-state index contributed by atoms with van der Waals surface area (Å²) >= 11 is 6.16. The van der Waals surface area contributed by atoms with Crippen molar-refractivity contribution in [2.24, 2.45) is 0 Å². The number of nitrogens with zero attached hydrogens (tertiary/aromatic N) is 1. The molecule has 1 aromatic rings. The van der Waals surface area contributed by atoms with E-state index >= 15 is 0 Å². The Kier molecular flexibility index (Phi) is 6.88. The Morgan fingerprint density at radius 1 is 1.35 bits per heavy atom. The lowest BCUT2D eigenvalue weighted by atomic mass is 10.1. The molecule has 0 radical (unpaired) electrons. The summed E-state index contributed by atoms with van der Waals surface area (Å²) in [7, 11) is 0. The minimum atomic E-state index is -0.104. The van der Waals surface area contributed by atoms with E-state index in [1.807, 2.05) is 26.0 Å². The van der Waals surface area contributed by atoms with E-state index in [2.05, 4.69) is 10.2 Å². The largest absolute Gasteiger partial charge is 0.395 e. The molecular formula is C18H27ClN2O2. The molecule has 1 unspecified atom stereocenters. The number of nitrogens with one attached hydrogen (secondary N) is 1. The Balaban J connectivity index is 1.72. The van der Waals surface area contributed by atoms with Gasteiger partial charge in [-0.3, -0.25) is 9.69 Å². The van der Waals surface area contributed by atoms with Gasteiger partial charge in [0.15, 0.2) is 0 Å². The Bertz CT molecular complexity index is 548. The minimum Gasteiger partial charge on any atom is -0.395 e. The summed E-state index contributed by atoms with van der Waals surface area (Å²) in [5, 5.41) is 12.7. The second-order valence-corrected chi connectivity index (χ2v) is 6.80. The minimum absolute atomic E-state index is 0.104. The van der Waals surface area contributed by atoms with Gasteiger partial charge in [0.05, 0.1) is 17.2 Å². The van der Waals surface area contributed by atoms with Crippen molar-refractivity contribution in [1.29, 1.82) is 0 Å². The average molecular weight is 339 g/mol. The zero-order valence-electron chi connectivity index (χ0n) is 14.1. The first kappa shape index (κ1) is 18.2. The fourth-order valence-corrected chi connectivity index (χ4v) is 3.39. The summed E-state index contributed by atoms with van der Waals surface area (Å²) in [5.74, 6) is -0.104. The third-order valence-electron chi connectivity index (χ3n) is 4.70. The SMILES string of the molecule is Cc1cc(Cl)c(C(=O)NCCCCN2CCCC2CO)cc1C. The summed E-state index contributed by atoms with van der Waals surface area (Å²) in [5.41, 5.74) is 2.72. The van der Waals surface area contributed by atoms with Gasteiger partial charge in [-0.15, -0.1) is 0 Å². The fourth-order valence-electron chi connectivity index (χ4n) is 3.09. The van der Waals surface area contributed by atoms with Gasteiger partial charge in [0.2, 0.25) is 0 Å². The second-order valence-electron chi connectivity index (χ2n) is 6.39. The number of likely N-dealkylation sites (tertiary alicyclic amines) is 1. The number of aryl methyl sites for hydroxylation is 2. The molecule has 0 aromatic heterocycles. The van der Waals surface area contributed by atoms with E-state index in [1.54, 1.807) is 0 Å². The lowest BCUT2D eigenvalue weighted by molar-refractivity contribution is 0.0952. The van der Waals surface area contributed by atoms with Gasteiger partial charge in [-0.05, 0) is 75.9 Å². The Morgan fingerprint density at radius 3 is 2.83 bits per heavy atom. The molecule has 0 aliphatic carbocycles. The van der Waals surface area contributed by atoms with Crippen LogP contribution in [-0.4, -0.2) is 48.2 Å². The van der Waals surface area contributed by atoms with Gasteiger partial charge in [0.25, 0.3) is 5.91 Å². The van der Waals surface area contributed by atoms with Crippen LogP contribution in [0.2, 0.25) is 5.02 Å². The first-order chi connectivity index (χ1) is 11.0. The maximum Gasteiger partial charge on any atom is 0.252 e. The van der Waals surface area contributed by atoms with Crippen LogP contribution in [-0.2, 0) is 0 Å². The van der Waals surface area contributed by atoms with Crippen LogP contribution in [0.4, 0.5) is 0 Å². The molecule has 1 aliphatic heterocycles. The molecule has 0 saturated carbocycles. The molecule has 23 heavy (non-hydrogen) atoms. The molecule has 4 nitrogen and oxygen atoms in total. The number of amides is 1. The third kappa shape index (κ3) is 4.93. The number of aliphatic hydroxyl groups is 1. The first-order valence-corrected chi connectivity index (χ1v) is 8.80. The van der Waals surface area contributed by atoms with Crippen LogP contribution < -0.4 is 5.32 Å². The highest BCUT2D eigenvalue weighted by molar-refractivity contribution is 6.33. The van der Waals surface area contributed by atoms with Crippen molar-refractivity contribution < 1.29 is 9.90 Å². The van der Waals surface area contributed by atoms with Crippen LogP contribution in [0, 0.1) is 13.8 Å². The maximum absolute atomic E-state index is 12.2. The lowest BCUT2D eigenvalue weighted by Crippen LogP contribution is -2.33. The molecule has 5 heteroatoms. The number of halogens is 1.